The van der Waals surface area contributed by atoms with Gasteiger partial charge in [-0.25, -0.2) is 4.79 Å². The predicted molar refractivity (Wildman–Crippen MR) is 140 cm³/mol. The van der Waals surface area contributed by atoms with Crippen molar-refractivity contribution in [3.05, 3.63) is 35.9 Å². The van der Waals surface area contributed by atoms with Gasteiger partial charge in [0.1, 0.15) is 17.7 Å². The van der Waals surface area contributed by atoms with E-state index >= 15 is 0 Å². The third-order valence-corrected chi connectivity index (χ3v) is 5.31. The normalized spacial score (nSPS) is 13.0. The summed E-state index contributed by atoms with van der Waals surface area (Å²) in [5.41, 5.74) is 5.23. The van der Waals surface area contributed by atoms with Gasteiger partial charge in [0.05, 0.1) is 0 Å². The molecule has 36 heavy (non-hydrogen) atoms. The summed E-state index contributed by atoms with van der Waals surface area (Å²) in [5, 5.41) is 5.53. The van der Waals surface area contributed by atoms with Crippen LogP contribution in [0, 0.1) is 0 Å². The van der Waals surface area contributed by atoms with Crippen LogP contribution in [0.2, 0.25) is 0 Å². The fourth-order valence-electron chi connectivity index (χ4n) is 3.74. The lowest BCUT2D eigenvalue weighted by atomic mass is 10.0. The molecule has 2 atom stereocenters. The van der Waals surface area contributed by atoms with E-state index in [1.807, 2.05) is 32.0 Å². The highest BCUT2D eigenvalue weighted by atomic mass is 16.6. The van der Waals surface area contributed by atoms with Gasteiger partial charge >= 0.3 is 6.09 Å². The van der Waals surface area contributed by atoms with Crippen molar-refractivity contribution in [3.8, 4) is 0 Å². The van der Waals surface area contributed by atoms with Crippen molar-refractivity contribution in [2.45, 2.75) is 104 Å². The minimum atomic E-state index is -1.09. The number of rotatable bonds is 14. The van der Waals surface area contributed by atoms with Gasteiger partial charge in [-0.1, -0.05) is 56.5 Å². The molecular weight excluding hydrogens is 460 g/mol. The molecule has 4 amide bonds. The van der Waals surface area contributed by atoms with Gasteiger partial charge in [-0.15, -0.1) is 0 Å². The molecule has 0 heterocycles. The van der Waals surface area contributed by atoms with E-state index in [-0.39, 0.29) is 24.8 Å². The van der Waals surface area contributed by atoms with Gasteiger partial charge < -0.3 is 26.0 Å². The Kier molecular flexibility index (Phi) is 13.0. The molecule has 0 aliphatic heterocycles. The van der Waals surface area contributed by atoms with Crippen LogP contribution in [-0.2, 0) is 19.1 Å². The predicted octanol–water partition coefficient (Wildman–Crippen LogP) is 3.82. The number of hydrogen-bond acceptors (Lipinski definition) is 5. The molecule has 2 unspecified atom stereocenters. The number of amides is 4. The molecule has 202 valence electrons. The summed E-state index contributed by atoms with van der Waals surface area (Å²) in [6, 6.07) is 6.95. The third-order valence-electron chi connectivity index (χ3n) is 5.31. The smallest absolute Gasteiger partial charge is 0.408 e. The first-order valence-electron chi connectivity index (χ1n) is 12.8. The Bertz CT molecular complexity index is 851. The maximum absolute atomic E-state index is 13.9. The van der Waals surface area contributed by atoms with E-state index in [1.165, 1.54) is 4.90 Å². The molecule has 0 bridgehead atoms. The van der Waals surface area contributed by atoms with Gasteiger partial charge in [-0.05, 0) is 53.0 Å². The van der Waals surface area contributed by atoms with Crippen molar-refractivity contribution in [2.75, 3.05) is 6.54 Å². The summed E-state index contributed by atoms with van der Waals surface area (Å²) in [4.78, 5) is 52.9. The lowest BCUT2D eigenvalue weighted by Gasteiger charge is -2.35. The van der Waals surface area contributed by atoms with E-state index < -0.39 is 35.6 Å². The van der Waals surface area contributed by atoms with Crippen LogP contribution in [0.25, 0.3) is 0 Å². The molecular formula is C27H44N4O5. The number of ether oxygens (including phenoxy) is 1. The number of unbranched alkanes of at least 4 members (excludes halogenated alkanes) is 3. The molecule has 0 aromatic heterocycles. The summed E-state index contributed by atoms with van der Waals surface area (Å²) < 4.78 is 5.35. The Morgan fingerprint density at radius 1 is 1.00 bits per heavy atom. The molecule has 0 saturated carbocycles. The summed E-state index contributed by atoms with van der Waals surface area (Å²) in [7, 11) is 0. The van der Waals surface area contributed by atoms with E-state index in [1.54, 1.807) is 32.9 Å². The van der Waals surface area contributed by atoms with Crippen LogP contribution >= 0.6 is 0 Å². The standard InChI is InChI=1S/C27H44N4O5/c1-7-8-9-13-18-31(23(24(33)29-19(2)3)20-14-11-10-12-15-20)25(34)21(16-17-22(28)32)30-26(35)36-27(4,5)6/h10-12,14-15,19,21,23H,7-9,13,16-18H2,1-6H3,(H2,28,32)(H,29,33)(H,30,35). The molecule has 0 spiro atoms. The molecule has 0 aliphatic carbocycles. The molecule has 0 fully saturated rings. The Hall–Kier alpha value is -3.10. The second kappa shape index (κ2) is 15.1. The molecule has 9 nitrogen and oxygen atoms in total. The number of benzene rings is 1. The van der Waals surface area contributed by atoms with E-state index in [4.69, 9.17) is 10.5 Å². The molecule has 1 rings (SSSR count). The highest BCUT2D eigenvalue weighted by Crippen LogP contribution is 2.24. The van der Waals surface area contributed by atoms with E-state index in [9.17, 15) is 19.2 Å². The first-order valence-corrected chi connectivity index (χ1v) is 12.8. The highest BCUT2D eigenvalue weighted by Gasteiger charge is 2.36. The minimum Gasteiger partial charge on any atom is -0.444 e. The zero-order valence-electron chi connectivity index (χ0n) is 22.6. The number of carbonyl (C=O) groups is 4. The molecule has 1 aromatic carbocycles. The highest BCUT2D eigenvalue weighted by molar-refractivity contribution is 5.92. The first-order chi connectivity index (χ1) is 16.9. The second-order valence-electron chi connectivity index (χ2n) is 10.3. The lowest BCUT2D eigenvalue weighted by Crippen LogP contribution is -2.54. The zero-order valence-corrected chi connectivity index (χ0v) is 22.6. The quantitative estimate of drug-likeness (QED) is 0.332. The Labute approximate surface area is 215 Å². The van der Waals surface area contributed by atoms with E-state index in [0.717, 1.165) is 19.3 Å². The van der Waals surface area contributed by atoms with Crippen LogP contribution in [0.1, 0.15) is 91.7 Å². The number of alkyl carbamates (subject to hydrolysis) is 1. The van der Waals surface area contributed by atoms with Crippen LogP contribution in [0.15, 0.2) is 30.3 Å². The molecule has 0 aliphatic rings. The largest absolute Gasteiger partial charge is 0.444 e. The zero-order chi connectivity index (χ0) is 27.3. The van der Waals surface area contributed by atoms with Crippen molar-refractivity contribution < 1.29 is 23.9 Å². The van der Waals surface area contributed by atoms with Crippen molar-refractivity contribution in [3.63, 3.8) is 0 Å². The molecule has 4 N–H and O–H groups in total. The van der Waals surface area contributed by atoms with Gasteiger partial charge in [0.25, 0.3) is 0 Å². The number of primary amides is 1. The Morgan fingerprint density at radius 2 is 1.64 bits per heavy atom. The lowest BCUT2D eigenvalue weighted by molar-refractivity contribution is -0.143. The van der Waals surface area contributed by atoms with Crippen LogP contribution in [0.3, 0.4) is 0 Å². The third kappa shape index (κ3) is 11.6. The van der Waals surface area contributed by atoms with Gasteiger partial charge in [-0.3, -0.25) is 14.4 Å². The summed E-state index contributed by atoms with van der Waals surface area (Å²) >= 11 is 0. The number of hydrogen-bond donors (Lipinski definition) is 3. The van der Waals surface area contributed by atoms with Crippen LogP contribution < -0.4 is 16.4 Å². The van der Waals surface area contributed by atoms with Crippen LogP contribution in [0.4, 0.5) is 4.79 Å². The molecule has 9 heteroatoms. The average molecular weight is 505 g/mol. The SMILES string of the molecule is CCCCCCN(C(=O)C(CCC(N)=O)NC(=O)OC(C)(C)C)C(C(=O)NC(C)C)c1ccccc1. The van der Waals surface area contributed by atoms with Gasteiger partial charge in [0, 0.05) is 19.0 Å². The topological polar surface area (TPSA) is 131 Å². The number of nitrogens with one attached hydrogen (secondary N) is 2. The summed E-state index contributed by atoms with van der Waals surface area (Å²) in [6.07, 6.45) is 2.70. The second-order valence-corrected chi connectivity index (χ2v) is 10.3. The first kappa shape index (κ1) is 30.9. The number of nitrogens with zero attached hydrogens (tertiary/aromatic N) is 1. The van der Waals surface area contributed by atoms with E-state index in [2.05, 4.69) is 17.6 Å². The minimum absolute atomic E-state index is 0.00776. The monoisotopic (exact) mass is 504 g/mol. The maximum atomic E-state index is 13.9. The fourth-order valence-corrected chi connectivity index (χ4v) is 3.74. The van der Waals surface area contributed by atoms with E-state index in [0.29, 0.717) is 18.5 Å². The van der Waals surface area contributed by atoms with Gasteiger partial charge in [0.2, 0.25) is 17.7 Å². The van der Waals surface area contributed by atoms with Crippen molar-refractivity contribution in [2.24, 2.45) is 5.73 Å². The van der Waals surface area contributed by atoms with Crippen LogP contribution in [-0.4, -0.2) is 52.9 Å². The van der Waals surface area contributed by atoms with Gasteiger partial charge in [-0.2, -0.15) is 0 Å². The molecule has 0 saturated heterocycles. The average Bonchev–Trinajstić information content (AvgIpc) is 2.77. The summed E-state index contributed by atoms with van der Waals surface area (Å²) in [6.45, 7) is 11.3. The van der Waals surface area contributed by atoms with Gasteiger partial charge in [0.15, 0.2) is 0 Å². The maximum Gasteiger partial charge on any atom is 0.408 e. The fraction of sp³-hybridized carbons (Fsp3) is 0.630. The number of nitrogens with two attached hydrogens (primary N) is 1. The molecule has 0 radical (unpaired) electrons. The Morgan fingerprint density at radius 3 is 2.17 bits per heavy atom. The Balaban J connectivity index is 3.41. The summed E-state index contributed by atoms with van der Waals surface area (Å²) in [5.74, 6) is -1.37. The number of carbonyl (C=O) groups excluding carboxylic acids is 4. The van der Waals surface area contributed by atoms with Crippen molar-refractivity contribution in [1.29, 1.82) is 0 Å². The molecule has 1 aromatic rings. The van der Waals surface area contributed by atoms with Crippen molar-refractivity contribution in [1.82, 2.24) is 15.5 Å². The van der Waals surface area contributed by atoms with Crippen molar-refractivity contribution >= 4 is 23.8 Å². The van der Waals surface area contributed by atoms with Crippen LogP contribution in [0.5, 0.6) is 0 Å².